The van der Waals surface area contributed by atoms with Gasteiger partial charge >= 0.3 is 0 Å². The Labute approximate surface area is 199 Å². The van der Waals surface area contributed by atoms with Crippen LogP contribution in [0.25, 0.3) is 16.6 Å². The second kappa shape index (κ2) is 11.3. The Hall–Kier alpha value is -2.84. The number of nitrogens with zero attached hydrogens (tertiary/aromatic N) is 4. The number of aromatic nitrogens is 3. The van der Waals surface area contributed by atoms with Crippen LogP contribution < -0.4 is 10.6 Å². The van der Waals surface area contributed by atoms with Crippen LogP contribution in [-0.2, 0) is 6.42 Å². The molecule has 0 atom stereocenters. The SMILES string of the molecule is CC(C)Cc1cnc(Nc2ccc3ncc(/C(C=N)=C/NCCCN4CCCC4)cc3n2)s1. The molecular weight excluding hydrogens is 430 g/mol. The molecule has 1 aliphatic rings. The predicted octanol–water partition coefficient (Wildman–Crippen LogP) is 5.09. The van der Waals surface area contributed by atoms with Crippen LogP contribution in [0, 0.1) is 11.3 Å². The van der Waals surface area contributed by atoms with Gasteiger partial charge in [-0.15, -0.1) is 11.3 Å². The lowest BCUT2D eigenvalue weighted by atomic mass is 10.1. The van der Waals surface area contributed by atoms with Crippen LogP contribution in [-0.4, -0.2) is 52.2 Å². The van der Waals surface area contributed by atoms with Crippen LogP contribution in [0.4, 0.5) is 10.9 Å². The number of fused-ring (bicyclic) bond motifs is 1. The molecule has 3 aromatic heterocycles. The zero-order valence-electron chi connectivity index (χ0n) is 19.5. The van der Waals surface area contributed by atoms with Gasteiger partial charge in [-0.05, 0) is 69.4 Å². The molecule has 0 aromatic carbocycles. The van der Waals surface area contributed by atoms with Crippen LogP contribution in [0.3, 0.4) is 0 Å². The van der Waals surface area contributed by atoms with Crippen molar-refractivity contribution < 1.29 is 0 Å². The molecule has 0 radical (unpaired) electrons. The van der Waals surface area contributed by atoms with E-state index in [2.05, 4.69) is 39.3 Å². The van der Waals surface area contributed by atoms with Crippen molar-refractivity contribution in [2.75, 3.05) is 31.5 Å². The molecule has 0 unspecified atom stereocenters. The van der Waals surface area contributed by atoms with E-state index in [-0.39, 0.29) is 0 Å². The first-order valence-corrected chi connectivity index (χ1v) is 12.6. The molecule has 1 aliphatic heterocycles. The number of nitrogens with one attached hydrogen (secondary N) is 3. The molecule has 3 N–H and O–H groups in total. The summed E-state index contributed by atoms with van der Waals surface area (Å²) in [4.78, 5) is 17.6. The van der Waals surface area contributed by atoms with E-state index in [0.717, 1.165) is 59.1 Å². The fourth-order valence-corrected chi connectivity index (χ4v) is 5.04. The summed E-state index contributed by atoms with van der Waals surface area (Å²) in [5.41, 5.74) is 3.29. The third-order valence-electron chi connectivity index (χ3n) is 5.68. The average Bonchev–Trinajstić information content (AvgIpc) is 3.47. The van der Waals surface area contributed by atoms with E-state index in [1.54, 1.807) is 17.5 Å². The van der Waals surface area contributed by atoms with Crippen molar-refractivity contribution in [2.24, 2.45) is 5.92 Å². The molecule has 174 valence electrons. The largest absolute Gasteiger partial charge is 0.390 e. The van der Waals surface area contributed by atoms with Gasteiger partial charge in [0.2, 0.25) is 0 Å². The topological polar surface area (TPSA) is 89.8 Å². The molecule has 0 spiro atoms. The van der Waals surface area contributed by atoms with E-state index < -0.39 is 0 Å². The smallest absolute Gasteiger partial charge is 0.188 e. The number of allylic oxidation sites excluding steroid dienone is 1. The van der Waals surface area contributed by atoms with Crippen molar-refractivity contribution in [3.63, 3.8) is 0 Å². The highest BCUT2D eigenvalue weighted by atomic mass is 32.1. The summed E-state index contributed by atoms with van der Waals surface area (Å²) in [5.74, 6) is 1.35. The van der Waals surface area contributed by atoms with E-state index in [1.807, 2.05) is 30.6 Å². The van der Waals surface area contributed by atoms with Gasteiger partial charge in [0.05, 0.1) is 11.0 Å². The summed E-state index contributed by atoms with van der Waals surface area (Å²) >= 11 is 1.67. The van der Waals surface area contributed by atoms with Crippen molar-refractivity contribution in [3.05, 3.63) is 47.2 Å². The lowest BCUT2D eigenvalue weighted by molar-refractivity contribution is 0.333. The number of hydrogen-bond donors (Lipinski definition) is 3. The Morgan fingerprint density at radius 3 is 2.82 bits per heavy atom. The molecule has 3 aromatic rings. The summed E-state index contributed by atoms with van der Waals surface area (Å²) in [6.45, 7) is 8.92. The van der Waals surface area contributed by atoms with E-state index >= 15 is 0 Å². The third kappa shape index (κ3) is 6.58. The lowest BCUT2D eigenvalue weighted by Gasteiger charge is -2.14. The number of likely N-dealkylation sites (tertiary alicyclic amines) is 1. The zero-order valence-corrected chi connectivity index (χ0v) is 20.3. The van der Waals surface area contributed by atoms with E-state index in [1.165, 1.54) is 37.0 Å². The van der Waals surface area contributed by atoms with Crippen molar-refractivity contribution in [1.82, 2.24) is 25.2 Å². The molecule has 1 saturated heterocycles. The summed E-state index contributed by atoms with van der Waals surface area (Å²) < 4.78 is 0. The summed E-state index contributed by atoms with van der Waals surface area (Å²) in [7, 11) is 0. The standard InChI is InChI=1S/C25H33N7S/c1-18(2)12-21-17-29-25(33-21)31-24-7-6-22-23(30-24)13-19(16-28-22)20(14-26)15-27-8-5-11-32-9-3-4-10-32/h6-7,13-18,26-27H,3-5,8-12H2,1-2H3,(H,29,30,31)/b20-15+,26-14?. The number of pyridine rings is 2. The van der Waals surface area contributed by atoms with E-state index in [4.69, 9.17) is 10.4 Å². The second-order valence-corrected chi connectivity index (χ2v) is 10.0. The highest BCUT2D eigenvalue weighted by molar-refractivity contribution is 7.15. The molecule has 0 aliphatic carbocycles. The molecule has 0 amide bonds. The molecule has 1 fully saturated rings. The molecule has 33 heavy (non-hydrogen) atoms. The van der Waals surface area contributed by atoms with Gasteiger partial charge in [0.25, 0.3) is 0 Å². The fraction of sp³-hybridized carbons (Fsp3) is 0.440. The van der Waals surface area contributed by atoms with Gasteiger partial charge in [0, 0.05) is 47.4 Å². The Balaban J connectivity index is 1.40. The normalized spacial score (nSPS) is 14.8. The molecule has 0 saturated carbocycles. The molecule has 8 heteroatoms. The first-order valence-electron chi connectivity index (χ1n) is 11.8. The molecule has 4 heterocycles. The maximum Gasteiger partial charge on any atom is 0.188 e. The van der Waals surface area contributed by atoms with Crippen LogP contribution in [0.2, 0.25) is 0 Å². The number of anilines is 2. The molecule has 4 rings (SSSR count). The first kappa shape index (κ1) is 23.3. The summed E-state index contributed by atoms with van der Waals surface area (Å²) in [6.07, 6.45) is 11.8. The predicted molar refractivity (Wildman–Crippen MR) is 139 cm³/mol. The van der Waals surface area contributed by atoms with E-state index in [9.17, 15) is 0 Å². The minimum Gasteiger partial charge on any atom is -0.390 e. The minimum atomic E-state index is 0.609. The van der Waals surface area contributed by atoms with Gasteiger partial charge in [0.15, 0.2) is 5.13 Å². The Morgan fingerprint density at radius 2 is 2.03 bits per heavy atom. The number of hydrogen-bond acceptors (Lipinski definition) is 8. The van der Waals surface area contributed by atoms with Gasteiger partial charge < -0.3 is 20.9 Å². The summed E-state index contributed by atoms with van der Waals surface area (Å²) in [6, 6.07) is 5.87. The van der Waals surface area contributed by atoms with Crippen molar-refractivity contribution in [3.8, 4) is 0 Å². The Morgan fingerprint density at radius 1 is 1.18 bits per heavy atom. The van der Waals surface area contributed by atoms with Crippen LogP contribution >= 0.6 is 11.3 Å². The number of rotatable bonds is 11. The minimum absolute atomic E-state index is 0.609. The average molecular weight is 464 g/mol. The van der Waals surface area contributed by atoms with Crippen LogP contribution in [0.1, 0.15) is 43.6 Å². The maximum atomic E-state index is 7.85. The number of thiazole rings is 1. The van der Waals surface area contributed by atoms with E-state index in [0.29, 0.717) is 5.92 Å². The molecular formula is C25H33N7S. The van der Waals surface area contributed by atoms with Gasteiger partial charge in [-0.3, -0.25) is 4.98 Å². The second-order valence-electron chi connectivity index (χ2n) is 8.91. The highest BCUT2D eigenvalue weighted by Gasteiger charge is 2.10. The molecule has 7 nitrogen and oxygen atoms in total. The monoisotopic (exact) mass is 463 g/mol. The maximum absolute atomic E-state index is 7.85. The highest BCUT2D eigenvalue weighted by Crippen LogP contribution is 2.25. The Bertz CT molecular complexity index is 1100. The van der Waals surface area contributed by atoms with Gasteiger partial charge in [0.1, 0.15) is 5.82 Å². The summed E-state index contributed by atoms with van der Waals surface area (Å²) in [5, 5.41) is 15.4. The van der Waals surface area contributed by atoms with Crippen LogP contribution in [0.15, 0.2) is 36.8 Å². The van der Waals surface area contributed by atoms with Gasteiger partial charge in [-0.2, -0.15) is 0 Å². The fourth-order valence-electron chi connectivity index (χ4n) is 4.01. The van der Waals surface area contributed by atoms with Gasteiger partial charge in [-0.25, -0.2) is 9.97 Å². The van der Waals surface area contributed by atoms with Gasteiger partial charge in [-0.1, -0.05) is 13.8 Å². The first-order chi connectivity index (χ1) is 16.1. The van der Waals surface area contributed by atoms with Crippen molar-refractivity contribution >= 4 is 45.1 Å². The van der Waals surface area contributed by atoms with Crippen LogP contribution in [0.5, 0.6) is 0 Å². The third-order valence-corrected chi connectivity index (χ3v) is 6.61. The Kier molecular flexibility index (Phi) is 8.01. The zero-order chi connectivity index (χ0) is 23.0. The lowest BCUT2D eigenvalue weighted by Crippen LogP contribution is -2.23. The quantitative estimate of drug-likeness (QED) is 0.271. The molecule has 0 bridgehead atoms. The van der Waals surface area contributed by atoms with Crippen molar-refractivity contribution in [2.45, 2.75) is 39.5 Å². The van der Waals surface area contributed by atoms with Crippen molar-refractivity contribution in [1.29, 1.82) is 5.41 Å².